The van der Waals surface area contributed by atoms with E-state index in [1.807, 2.05) is 7.05 Å². The Bertz CT molecular complexity index is 1220. The fraction of sp³-hybridized carbons (Fsp3) is 0.273. The summed E-state index contributed by atoms with van der Waals surface area (Å²) < 4.78 is 0.506. The second-order valence-corrected chi connectivity index (χ2v) is 10.4. The molecule has 1 aliphatic rings. The first-order valence-corrected chi connectivity index (χ1v) is 12.2. The Balaban J connectivity index is 1.53. The van der Waals surface area contributed by atoms with Gasteiger partial charge >= 0.3 is 5.97 Å². The Labute approximate surface area is 203 Å². The minimum atomic E-state index is -1.11. The van der Waals surface area contributed by atoms with Gasteiger partial charge in [-0.15, -0.1) is 22.7 Å². The number of halogens is 1. The number of nitrogens with zero attached hydrogens (tertiary/aromatic N) is 2. The van der Waals surface area contributed by atoms with Crippen molar-refractivity contribution in [3.63, 3.8) is 0 Å². The van der Waals surface area contributed by atoms with E-state index in [2.05, 4.69) is 20.5 Å². The van der Waals surface area contributed by atoms with Gasteiger partial charge in [0.15, 0.2) is 5.01 Å². The van der Waals surface area contributed by atoms with Crippen LogP contribution in [0.2, 0.25) is 4.34 Å². The van der Waals surface area contributed by atoms with Crippen LogP contribution in [0.3, 0.4) is 0 Å². The second kappa shape index (κ2) is 10.0. The van der Waals surface area contributed by atoms with Gasteiger partial charge in [-0.2, -0.15) is 0 Å². The standard InChI is InChI=1S/C22H21ClN4O4S2/c1-27-8-2-3-14-17(11-27)33-21(26-14)20(29)25-15-9-12(22(30)31)4-5-13(15)10-24-19(28)16-6-7-18(23)32-16/h4-7,9H,2-3,8,10-11H2,1H3,(H,24,28)(H,25,29)(H,30,31). The summed E-state index contributed by atoms with van der Waals surface area (Å²) in [6.45, 7) is 1.83. The quantitative estimate of drug-likeness (QED) is 0.465. The van der Waals surface area contributed by atoms with E-state index in [4.69, 9.17) is 11.6 Å². The molecule has 0 bridgehead atoms. The third-order valence-electron chi connectivity index (χ3n) is 5.18. The highest BCUT2D eigenvalue weighted by Gasteiger charge is 2.21. The summed E-state index contributed by atoms with van der Waals surface area (Å²) in [6, 6.07) is 7.66. The molecule has 0 saturated heterocycles. The molecule has 1 aliphatic heterocycles. The molecule has 172 valence electrons. The predicted molar refractivity (Wildman–Crippen MR) is 129 cm³/mol. The zero-order valence-corrected chi connectivity index (χ0v) is 20.1. The Hall–Kier alpha value is -2.79. The number of aromatic carboxylic acids is 1. The van der Waals surface area contributed by atoms with Crippen LogP contribution in [-0.2, 0) is 19.5 Å². The van der Waals surface area contributed by atoms with Crippen molar-refractivity contribution in [1.82, 2.24) is 15.2 Å². The summed E-state index contributed by atoms with van der Waals surface area (Å²) >= 11 is 8.40. The average molecular weight is 505 g/mol. The highest BCUT2D eigenvalue weighted by atomic mass is 35.5. The van der Waals surface area contributed by atoms with Crippen LogP contribution in [0.15, 0.2) is 30.3 Å². The number of amides is 2. The summed E-state index contributed by atoms with van der Waals surface area (Å²) in [5.74, 6) is -1.83. The minimum absolute atomic E-state index is 0.0296. The predicted octanol–water partition coefficient (Wildman–Crippen LogP) is 4.12. The number of thiophene rings is 1. The maximum Gasteiger partial charge on any atom is 0.335 e. The van der Waals surface area contributed by atoms with Crippen molar-refractivity contribution in [2.45, 2.75) is 25.9 Å². The molecule has 0 unspecified atom stereocenters. The number of hydrogen-bond acceptors (Lipinski definition) is 7. The lowest BCUT2D eigenvalue weighted by atomic mass is 10.1. The number of aryl methyl sites for hydroxylation is 1. The summed E-state index contributed by atoms with van der Waals surface area (Å²) in [4.78, 5) is 45.1. The summed E-state index contributed by atoms with van der Waals surface area (Å²) in [5, 5.41) is 15.3. The van der Waals surface area contributed by atoms with Crippen LogP contribution in [-0.4, -0.2) is 46.4 Å². The number of thiazole rings is 1. The molecule has 2 amide bonds. The van der Waals surface area contributed by atoms with E-state index in [-0.39, 0.29) is 18.0 Å². The SMILES string of the molecule is CN1CCCc2nc(C(=O)Nc3cc(C(=O)O)ccc3CNC(=O)c3ccc(Cl)s3)sc2C1. The van der Waals surface area contributed by atoms with Crippen LogP contribution in [0, 0.1) is 0 Å². The van der Waals surface area contributed by atoms with E-state index in [1.54, 1.807) is 18.2 Å². The zero-order chi connectivity index (χ0) is 23.5. The molecule has 2 aromatic heterocycles. The summed E-state index contributed by atoms with van der Waals surface area (Å²) in [6.07, 6.45) is 1.80. The lowest BCUT2D eigenvalue weighted by Crippen LogP contribution is -2.23. The molecule has 0 spiro atoms. The number of carboxylic acids is 1. The summed E-state index contributed by atoms with van der Waals surface area (Å²) in [7, 11) is 2.04. The maximum atomic E-state index is 13.0. The zero-order valence-electron chi connectivity index (χ0n) is 17.7. The molecule has 0 saturated carbocycles. The first kappa shape index (κ1) is 23.4. The van der Waals surface area contributed by atoms with Gasteiger partial charge in [0.25, 0.3) is 11.8 Å². The summed E-state index contributed by atoms with van der Waals surface area (Å²) in [5.41, 5.74) is 1.85. The smallest absolute Gasteiger partial charge is 0.335 e. The largest absolute Gasteiger partial charge is 0.478 e. The van der Waals surface area contributed by atoms with Crippen LogP contribution < -0.4 is 10.6 Å². The first-order chi connectivity index (χ1) is 15.8. The number of benzene rings is 1. The third-order valence-corrected chi connectivity index (χ3v) is 7.49. The van der Waals surface area contributed by atoms with Gasteiger partial charge in [-0.05, 0) is 56.3 Å². The Morgan fingerprint density at radius 3 is 2.73 bits per heavy atom. The fourth-order valence-corrected chi connectivity index (χ4v) is 5.54. The highest BCUT2D eigenvalue weighted by Crippen LogP contribution is 2.26. The van der Waals surface area contributed by atoms with Gasteiger partial charge in [0.1, 0.15) is 0 Å². The highest BCUT2D eigenvalue weighted by molar-refractivity contribution is 7.18. The number of carbonyl (C=O) groups is 3. The molecular formula is C22H21ClN4O4S2. The molecule has 0 atom stereocenters. The van der Waals surface area contributed by atoms with E-state index in [0.717, 1.165) is 47.8 Å². The molecule has 0 fully saturated rings. The Morgan fingerprint density at radius 2 is 2.00 bits per heavy atom. The molecule has 3 heterocycles. The van der Waals surface area contributed by atoms with E-state index < -0.39 is 11.9 Å². The molecule has 33 heavy (non-hydrogen) atoms. The molecule has 3 N–H and O–H groups in total. The number of nitrogens with one attached hydrogen (secondary N) is 2. The number of carboxylic acid groups (broad SMARTS) is 1. The number of aromatic nitrogens is 1. The van der Waals surface area contributed by atoms with Gasteiger partial charge in [0, 0.05) is 23.7 Å². The fourth-order valence-electron chi connectivity index (χ4n) is 3.49. The van der Waals surface area contributed by atoms with Gasteiger partial charge in [-0.3, -0.25) is 9.59 Å². The van der Waals surface area contributed by atoms with Gasteiger partial charge < -0.3 is 20.6 Å². The van der Waals surface area contributed by atoms with E-state index in [9.17, 15) is 19.5 Å². The number of fused-ring (bicyclic) bond motifs is 1. The molecule has 8 nitrogen and oxygen atoms in total. The van der Waals surface area contributed by atoms with Crippen molar-refractivity contribution >= 4 is 57.7 Å². The van der Waals surface area contributed by atoms with Crippen LogP contribution >= 0.6 is 34.3 Å². The van der Waals surface area contributed by atoms with Crippen LogP contribution in [0.4, 0.5) is 5.69 Å². The molecule has 1 aromatic carbocycles. The van der Waals surface area contributed by atoms with Gasteiger partial charge in [0.2, 0.25) is 0 Å². The molecule has 3 aromatic rings. The number of hydrogen-bond donors (Lipinski definition) is 3. The number of carbonyl (C=O) groups excluding carboxylic acids is 2. The Kier molecular flexibility index (Phi) is 7.08. The molecule has 0 aliphatic carbocycles. The molecule has 11 heteroatoms. The molecule has 0 radical (unpaired) electrons. The lowest BCUT2D eigenvalue weighted by Gasteiger charge is -2.13. The van der Waals surface area contributed by atoms with Gasteiger partial charge in [-0.25, -0.2) is 9.78 Å². The van der Waals surface area contributed by atoms with Crippen LogP contribution in [0.5, 0.6) is 0 Å². The van der Waals surface area contributed by atoms with Crippen molar-refractivity contribution in [2.24, 2.45) is 0 Å². The van der Waals surface area contributed by atoms with Gasteiger partial charge in [-0.1, -0.05) is 17.7 Å². The van der Waals surface area contributed by atoms with Crippen molar-refractivity contribution in [1.29, 1.82) is 0 Å². The lowest BCUT2D eigenvalue weighted by molar-refractivity contribution is 0.0696. The Morgan fingerprint density at radius 1 is 1.18 bits per heavy atom. The third kappa shape index (κ3) is 5.59. The molecular weight excluding hydrogens is 484 g/mol. The van der Waals surface area contributed by atoms with Crippen LogP contribution in [0.1, 0.15) is 52.4 Å². The van der Waals surface area contributed by atoms with E-state index >= 15 is 0 Å². The molecule has 4 rings (SSSR count). The van der Waals surface area contributed by atoms with E-state index in [0.29, 0.717) is 25.5 Å². The monoisotopic (exact) mass is 504 g/mol. The van der Waals surface area contributed by atoms with Crippen molar-refractivity contribution in [3.8, 4) is 0 Å². The van der Waals surface area contributed by atoms with Gasteiger partial charge in [0.05, 0.1) is 20.5 Å². The normalized spacial score (nSPS) is 13.8. The second-order valence-electron chi connectivity index (χ2n) is 7.65. The van der Waals surface area contributed by atoms with Crippen molar-refractivity contribution in [3.05, 3.63) is 66.3 Å². The number of anilines is 1. The van der Waals surface area contributed by atoms with Crippen LogP contribution in [0.25, 0.3) is 0 Å². The first-order valence-electron chi connectivity index (χ1n) is 10.2. The topological polar surface area (TPSA) is 112 Å². The maximum absolute atomic E-state index is 13.0. The van der Waals surface area contributed by atoms with E-state index in [1.165, 1.54) is 23.5 Å². The average Bonchev–Trinajstić information content (AvgIpc) is 3.34. The number of rotatable bonds is 6. The minimum Gasteiger partial charge on any atom is -0.478 e. The van der Waals surface area contributed by atoms with Crippen molar-refractivity contribution < 1.29 is 19.5 Å². The van der Waals surface area contributed by atoms with Crippen molar-refractivity contribution in [2.75, 3.05) is 18.9 Å².